The highest BCUT2D eigenvalue weighted by Gasteiger charge is 2.45. The Hall–Kier alpha value is -0.530. The molecule has 0 aromatic rings. The van der Waals surface area contributed by atoms with E-state index in [1.54, 1.807) is 0 Å². The molecule has 2 fully saturated rings. The third-order valence-corrected chi connectivity index (χ3v) is 3.39. The van der Waals surface area contributed by atoms with Crippen LogP contribution >= 0.6 is 0 Å². The lowest BCUT2D eigenvalue weighted by Gasteiger charge is -2.19. The van der Waals surface area contributed by atoms with E-state index >= 15 is 0 Å². The van der Waals surface area contributed by atoms with Gasteiger partial charge in [0.2, 0.25) is 0 Å². The second-order valence-corrected chi connectivity index (χ2v) is 4.13. The standard InChI is InChI=1S/C10H16O2/c1-12-10(11)6-8-4-2-3-7-5-9(7)8/h7-9H,2-6H2,1H3/t7-,8?,9+/m1/s1. The van der Waals surface area contributed by atoms with E-state index in [2.05, 4.69) is 4.74 Å². The molecule has 1 unspecified atom stereocenters. The van der Waals surface area contributed by atoms with E-state index in [9.17, 15) is 4.79 Å². The lowest BCUT2D eigenvalue weighted by molar-refractivity contribution is -0.142. The van der Waals surface area contributed by atoms with E-state index in [1.165, 1.54) is 32.8 Å². The van der Waals surface area contributed by atoms with Crippen LogP contribution < -0.4 is 0 Å². The van der Waals surface area contributed by atoms with Crippen molar-refractivity contribution in [3.63, 3.8) is 0 Å². The summed E-state index contributed by atoms with van der Waals surface area (Å²) in [5.41, 5.74) is 0. The lowest BCUT2D eigenvalue weighted by Crippen LogP contribution is -2.15. The van der Waals surface area contributed by atoms with Gasteiger partial charge in [-0.2, -0.15) is 0 Å². The van der Waals surface area contributed by atoms with Crippen molar-refractivity contribution in [1.82, 2.24) is 0 Å². The molecule has 2 heteroatoms. The molecule has 68 valence electrons. The zero-order chi connectivity index (χ0) is 8.55. The number of carbonyl (C=O) groups excluding carboxylic acids is 1. The summed E-state index contributed by atoms with van der Waals surface area (Å²) in [6.07, 6.45) is 6.01. The zero-order valence-corrected chi connectivity index (χ0v) is 7.58. The van der Waals surface area contributed by atoms with Gasteiger partial charge in [-0.05, 0) is 30.6 Å². The number of hydrogen-bond acceptors (Lipinski definition) is 2. The van der Waals surface area contributed by atoms with Gasteiger partial charge in [-0.25, -0.2) is 0 Å². The molecular formula is C10H16O2. The number of hydrogen-bond donors (Lipinski definition) is 0. The number of methoxy groups -OCH3 is 1. The van der Waals surface area contributed by atoms with E-state index in [0.29, 0.717) is 12.3 Å². The van der Waals surface area contributed by atoms with Gasteiger partial charge in [0, 0.05) is 6.42 Å². The Bertz CT molecular complexity index is 188. The van der Waals surface area contributed by atoms with Crippen LogP contribution in [0.1, 0.15) is 32.1 Å². The molecule has 12 heavy (non-hydrogen) atoms. The maximum atomic E-state index is 11.0. The monoisotopic (exact) mass is 168 g/mol. The quantitative estimate of drug-likeness (QED) is 0.589. The van der Waals surface area contributed by atoms with Crippen LogP contribution in [0.25, 0.3) is 0 Å². The highest BCUT2D eigenvalue weighted by Crippen LogP contribution is 2.53. The average Bonchev–Trinajstić information content (AvgIpc) is 2.84. The molecule has 0 aliphatic heterocycles. The van der Waals surface area contributed by atoms with E-state index in [0.717, 1.165) is 11.8 Å². The molecule has 2 nitrogen and oxygen atoms in total. The van der Waals surface area contributed by atoms with E-state index in [-0.39, 0.29) is 5.97 Å². The van der Waals surface area contributed by atoms with Gasteiger partial charge in [-0.3, -0.25) is 4.79 Å². The van der Waals surface area contributed by atoms with Crippen molar-refractivity contribution in [2.45, 2.75) is 32.1 Å². The van der Waals surface area contributed by atoms with Crippen molar-refractivity contribution in [3.05, 3.63) is 0 Å². The largest absolute Gasteiger partial charge is 0.469 e. The van der Waals surface area contributed by atoms with Crippen molar-refractivity contribution in [2.24, 2.45) is 17.8 Å². The zero-order valence-electron chi connectivity index (χ0n) is 7.58. The van der Waals surface area contributed by atoms with Gasteiger partial charge in [-0.15, -0.1) is 0 Å². The topological polar surface area (TPSA) is 26.3 Å². The molecule has 0 spiro atoms. The molecule has 0 amide bonds. The first-order valence-electron chi connectivity index (χ1n) is 4.88. The van der Waals surface area contributed by atoms with Gasteiger partial charge >= 0.3 is 5.97 Å². The summed E-state index contributed by atoms with van der Waals surface area (Å²) in [6.45, 7) is 0. The predicted octanol–water partition coefficient (Wildman–Crippen LogP) is 1.99. The van der Waals surface area contributed by atoms with Gasteiger partial charge in [0.15, 0.2) is 0 Å². The van der Waals surface area contributed by atoms with Gasteiger partial charge in [-0.1, -0.05) is 12.8 Å². The second kappa shape index (κ2) is 3.08. The first kappa shape index (κ1) is 8.09. The van der Waals surface area contributed by atoms with Crippen LogP contribution in [0.2, 0.25) is 0 Å². The minimum Gasteiger partial charge on any atom is -0.469 e. The van der Waals surface area contributed by atoms with E-state index < -0.39 is 0 Å². The smallest absolute Gasteiger partial charge is 0.305 e. The molecule has 2 aliphatic rings. The highest BCUT2D eigenvalue weighted by atomic mass is 16.5. The number of carbonyl (C=O) groups is 1. The van der Waals surface area contributed by atoms with Crippen molar-refractivity contribution in [1.29, 1.82) is 0 Å². The molecule has 2 aliphatic carbocycles. The SMILES string of the molecule is COC(=O)CC1CCC[C@@H]2C[C@H]12. The Morgan fingerprint density at radius 2 is 2.33 bits per heavy atom. The van der Waals surface area contributed by atoms with Crippen LogP contribution in [0.4, 0.5) is 0 Å². The van der Waals surface area contributed by atoms with Gasteiger partial charge in [0.1, 0.15) is 0 Å². The maximum absolute atomic E-state index is 11.0. The van der Waals surface area contributed by atoms with Crippen molar-refractivity contribution in [2.75, 3.05) is 7.11 Å². The summed E-state index contributed by atoms with van der Waals surface area (Å²) < 4.78 is 4.68. The Balaban J connectivity index is 1.83. The van der Waals surface area contributed by atoms with Crippen molar-refractivity contribution < 1.29 is 9.53 Å². The molecule has 0 saturated heterocycles. The fourth-order valence-electron chi connectivity index (χ4n) is 2.59. The molecule has 0 N–H and O–H groups in total. The normalized spacial score (nSPS) is 38.6. The molecule has 0 bridgehead atoms. The molecule has 0 aromatic carbocycles. The first-order chi connectivity index (χ1) is 5.81. The summed E-state index contributed by atoms with van der Waals surface area (Å²) in [6, 6.07) is 0. The van der Waals surface area contributed by atoms with Crippen molar-refractivity contribution in [3.8, 4) is 0 Å². The third-order valence-electron chi connectivity index (χ3n) is 3.39. The summed E-state index contributed by atoms with van der Waals surface area (Å²) in [5.74, 6) is 2.47. The summed E-state index contributed by atoms with van der Waals surface area (Å²) >= 11 is 0. The van der Waals surface area contributed by atoms with Crippen molar-refractivity contribution >= 4 is 5.97 Å². The second-order valence-electron chi connectivity index (χ2n) is 4.13. The first-order valence-corrected chi connectivity index (χ1v) is 4.88. The average molecular weight is 168 g/mol. The van der Waals surface area contributed by atoms with Crippen LogP contribution in [-0.2, 0) is 9.53 Å². The van der Waals surface area contributed by atoms with Crippen LogP contribution in [0, 0.1) is 17.8 Å². The lowest BCUT2D eigenvalue weighted by atomic mass is 9.87. The number of rotatable bonds is 2. The molecular weight excluding hydrogens is 152 g/mol. The molecule has 0 heterocycles. The van der Waals surface area contributed by atoms with E-state index in [1.807, 2.05) is 0 Å². The fraction of sp³-hybridized carbons (Fsp3) is 0.900. The number of esters is 1. The Morgan fingerprint density at radius 1 is 1.50 bits per heavy atom. The Kier molecular flexibility index (Phi) is 2.07. The summed E-state index contributed by atoms with van der Waals surface area (Å²) in [4.78, 5) is 11.0. The highest BCUT2D eigenvalue weighted by molar-refractivity contribution is 5.69. The Labute approximate surface area is 73.3 Å². The number of ether oxygens (including phenoxy) is 1. The molecule has 0 aromatic heterocycles. The minimum absolute atomic E-state index is 0.0208. The van der Waals surface area contributed by atoms with Crippen LogP contribution in [0.5, 0.6) is 0 Å². The summed E-state index contributed by atoms with van der Waals surface area (Å²) in [7, 11) is 1.48. The molecule has 3 atom stereocenters. The molecule has 2 saturated carbocycles. The Morgan fingerprint density at radius 3 is 3.08 bits per heavy atom. The molecule has 0 radical (unpaired) electrons. The fourth-order valence-corrected chi connectivity index (χ4v) is 2.59. The summed E-state index contributed by atoms with van der Waals surface area (Å²) in [5, 5.41) is 0. The van der Waals surface area contributed by atoms with Gasteiger partial charge < -0.3 is 4.74 Å². The van der Waals surface area contributed by atoms with Crippen LogP contribution in [0.15, 0.2) is 0 Å². The van der Waals surface area contributed by atoms with Gasteiger partial charge in [0.25, 0.3) is 0 Å². The van der Waals surface area contributed by atoms with Gasteiger partial charge in [0.05, 0.1) is 7.11 Å². The number of fused-ring (bicyclic) bond motifs is 1. The third kappa shape index (κ3) is 1.47. The molecule has 2 rings (SSSR count). The maximum Gasteiger partial charge on any atom is 0.305 e. The van der Waals surface area contributed by atoms with Crippen LogP contribution in [0.3, 0.4) is 0 Å². The predicted molar refractivity (Wildman–Crippen MR) is 45.6 cm³/mol. The minimum atomic E-state index is -0.0208. The van der Waals surface area contributed by atoms with Crippen LogP contribution in [-0.4, -0.2) is 13.1 Å². The van der Waals surface area contributed by atoms with E-state index in [4.69, 9.17) is 0 Å².